The molecule has 0 radical (unpaired) electrons. The van der Waals surface area contributed by atoms with E-state index in [1.165, 1.54) is 0 Å². The molecule has 8 rings (SSSR count). The van der Waals surface area contributed by atoms with Gasteiger partial charge in [-0.2, -0.15) is 0 Å². The molecular weight excluding hydrogens is 641 g/mol. The predicted molar refractivity (Wildman–Crippen MR) is 216 cm³/mol. The molecule has 52 heavy (non-hydrogen) atoms. The van der Waals surface area contributed by atoms with Crippen molar-refractivity contribution in [1.29, 1.82) is 0 Å². The first-order chi connectivity index (χ1) is 25.4. The van der Waals surface area contributed by atoms with Gasteiger partial charge in [-0.15, -0.1) is 0 Å². The van der Waals surface area contributed by atoms with Gasteiger partial charge in [-0.3, -0.25) is 4.90 Å². The first kappa shape index (κ1) is 33.6. The molecule has 0 aliphatic carbocycles. The third kappa shape index (κ3) is 5.88. The number of fused-ring (bicyclic) bond motifs is 6. The number of hydrogen-bond donors (Lipinski definition) is 2. The average Bonchev–Trinajstić information content (AvgIpc) is 3.67. The minimum atomic E-state index is 0.282. The zero-order valence-corrected chi connectivity index (χ0v) is 30.5. The van der Waals surface area contributed by atoms with Crippen LogP contribution in [0.1, 0.15) is 36.1 Å². The van der Waals surface area contributed by atoms with E-state index in [1.54, 1.807) is 0 Å². The maximum atomic E-state index is 12.1. The number of rotatable bonds is 11. The lowest BCUT2D eigenvalue weighted by atomic mass is 10.0. The van der Waals surface area contributed by atoms with E-state index in [4.69, 9.17) is 0 Å². The Bertz CT molecular complexity index is 2300. The lowest BCUT2D eigenvalue weighted by Gasteiger charge is -2.28. The Morgan fingerprint density at radius 1 is 0.462 bits per heavy atom. The number of phenols is 2. The van der Waals surface area contributed by atoms with Crippen molar-refractivity contribution in [3.63, 3.8) is 0 Å². The van der Waals surface area contributed by atoms with Crippen LogP contribution in [-0.2, 0) is 13.1 Å². The van der Waals surface area contributed by atoms with Crippen LogP contribution in [0.3, 0.4) is 0 Å². The first-order valence-electron chi connectivity index (χ1n) is 18.4. The van der Waals surface area contributed by atoms with Crippen LogP contribution in [0, 0.1) is 13.8 Å². The quantitative estimate of drug-likeness (QED) is 0.142. The van der Waals surface area contributed by atoms with Crippen LogP contribution < -0.4 is 0 Å². The van der Waals surface area contributed by atoms with Crippen LogP contribution in [0.5, 0.6) is 11.5 Å². The standard InChI is InChI=1S/C46H46N4O2/c1-5-47(6-2)23-24-48(29-33-25-31(3)27-43(45(33)51)49-39-19-11-7-15-35(39)36-16-8-12-20-40(36)49)30-34-26-32(4)28-44(46(34)52)50-41-21-13-9-17-37(41)38-18-10-14-22-42(38)50/h7-22,25-28,51-52H,5-6,23-24,29-30H2,1-4H3. The van der Waals surface area contributed by atoms with Crippen LogP contribution in [-0.4, -0.2) is 55.3 Å². The lowest BCUT2D eigenvalue weighted by molar-refractivity contribution is 0.199. The molecule has 0 unspecified atom stereocenters. The summed E-state index contributed by atoms with van der Waals surface area (Å²) in [5, 5.41) is 28.9. The zero-order chi connectivity index (χ0) is 35.9. The summed E-state index contributed by atoms with van der Waals surface area (Å²) < 4.78 is 4.39. The van der Waals surface area contributed by atoms with Crippen molar-refractivity contribution < 1.29 is 10.2 Å². The lowest BCUT2D eigenvalue weighted by Crippen LogP contribution is -2.34. The minimum absolute atomic E-state index is 0.282. The van der Waals surface area contributed by atoms with Crippen molar-refractivity contribution >= 4 is 43.6 Å². The summed E-state index contributed by atoms with van der Waals surface area (Å²) in [4.78, 5) is 4.79. The van der Waals surface area contributed by atoms with Gasteiger partial charge in [0.25, 0.3) is 0 Å². The van der Waals surface area contributed by atoms with Gasteiger partial charge in [0, 0.05) is 58.9 Å². The smallest absolute Gasteiger partial charge is 0.144 e. The van der Waals surface area contributed by atoms with Crippen molar-refractivity contribution in [2.24, 2.45) is 0 Å². The Morgan fingerprint density at radius 2 is 0.788 bits per heavy atom. The summed E-state index contributed by atoms with van der Waals surface area (Å²) in [6.45, 7) is 13.2. The number of para-hydroxylation sites is 4. The van der Waals surface area contributed by atoms with E-state index in [0.29, 0.717) is 13.1 Å². The fourth-order valence-corrected chi connectivity index (χ4v) is 8.13. The summed E-state index contributed by atoms with van der Waals surface area (Å²) in [6, 6.07) is 42.0. The number of aryl methyl sites for hydroxylation is 2. The average molecular weight is 687 g/mol. The molecule has 8 aromatic rings. The maximum absolute atomic E-state index is 12.1. The Morgan fingerprint density at radius 3 is 1.13 bits per heavy atom. The molecule has 2 heterocycles. The van der Waals surface area contributed by atoms with Gasteiger partial charge in [-0.25, -0.2) is 0 Å². The van der Waals surface area contributed by atoms with E-state index < -0.39 is 0 Å². The molecule has 262 valence electrons. The molecule has 0 fully saturated rings. The maximum Gasteiger partial charge on any atom is 0.144 e. The summed E-state index contributed by atoms with van der Waals surface area (Å²) in [5.41, 5.74) is 9.73. The molecule has 0 saturated carbocycles. The van der Waals surface area contributed by atoms with Gasteiger partial charge < -0.3 is 24.2 Å². The highest BCUT2D eigenvalue weighted by Gasteiger charge is 2.22. The highest BCUT2D eigenvalue weighted by molar-refractivity contribution is 6.10. The molecule has 0 spiro atoms. The Hall–Kier alpha value is -5.56. The molecule has 0 aliphatic heterocycles. The molecular formula is C46H46N4O2. The molecule has 0 saturated heterocycles. The van der Waals surface area contributed by atoms with Gasteiger partial charge in [-0.1, -0.05) is 98.8 Å². The molecule has 0 aliphatic rings. The highest BCUT2D eigenvalue weighted by Crippen LogP contribution is 2.39. The van der Waals surface area contributed by atoms with Gasteiger partial charge in [-0.05, 0) is 74.5 Å². The van der Waals surface area contributed by atoms with E-state index in [0.717, 1.165) is 103 Å². The Labute approximate surface area is 305 Å². The van der Waals surface area contributed by atoms with E-state index in [-0.39, 0.29) is 11.5 Å². The van der Waals surface area contributed by atoms with Crippen molar-refractivity contribution in [3.8, 4) is 22.9 Å². The largest absolute Gasteiger partial charge is 0.505 e. The normalized spacial score (nSPS) is 12.0. The van der Waals surface area contributed by atoms with Crippen LogP contribution in [0.4, 0.5) is 0 Å². The third-order valence-electron chi connectivity index (χ3n) is 10.7. The van der Waals surface area contributed by atoms with Crippen LogP contribution in [0.25, 0.3) is 55.0 Å². The molecule has 6 nitrogen and oxygen atoms in total. The molecule has 6 heteroatoms. The second kappa shape index (κ2) is 13.9. The zero-order valence-electron chi connectivity index (χ0n) is 30.5. The van der Waals surface area contributed by atoms with Gasteiger partial charge in [0.1, 0.15) is 11.5 Å². The number of aromatic nitrogens is 2. The number of benzene rings is 6. The van der Waals surface area contributed by atoms with Crippen molar-refractivity contribution in [3.05, 3.63) is 144 Å². The number of hydrogen-bond acceptors (Lipinski definition) is 4. The van der Waals surface area contributed by atoms with Crippen LogP contribution in [0.2, 0.25) is 0 Å². The van der Waals surface area contributed by atoms with Gasteiger partial charge in [0.2, 0.25) is 0 Å². The van der Waals surface area contributed by atoms with Gasteiger partial charge >= 0.3 is 0 Å². The SMILES string of the molecule is CCN(CC)CCN(Cc1cc(C)cc(-n2c3ccccc3c3ccccc32)c1O)Cc1cc(C)cc(-n2c3ccccc3c3ccccc32)c1O. The number of phenolic OH excluding ortho intramolecular Hbond substituents is 2. The second-order valence-corrected chi connectivity index (χ2v) is 14.1. The topological polar surface area (TPSA) is 56.8 Å². The Balaban J connectivity index is 1.22. The number of nitrogens with zero attached hydrogens (tertiary/aromatic N) is 4. The molecule has 6 aromatic carbocycles. The second-order valence-electron chi connectivity index (χ2n) is 14.1. The van der Waals surface area contributed by atoms with Gasteiger partial charge in [0.05, 0.1) is 33.4 Å². The van der Waals surface area contributed by atoms with Crippen molar-refractivity contribution in [2.75, 3.05) is 26.2 Å². The van der Waals surface area contributed by atoms with E-state index >= 15 is 0 Å². The fourth-order valence-electron chi connectivity index (χ4n) is 8.13. The molecule has 0 amide bonds. The van der Waals surface area contributed by atoms with Crippen molar-refractivity contribution in [2.45, 2.75) is 40.8 Å². The third-order valence-corrected chi connectivity index (χ3v) is 10.7. The molecule has 0 atom stereocenters. The summed E-state index contributed by atoms with van der Waals surface area (Å²) in [6.07, 6.45) is 0. The molecule has 2 aromatic heterocycles. The Kier molecular flexibility index (Phi) is 8.96. The minimum Gasteiger partial charge on any atom is -0.505 e. The monoisotopic (exact) mass is 686 g/mol. The summed E-state index contributed by atoms with van der Waals surface area (Å²) >= 11 is 0. The van der Waals surface area contributed by atoms with E-state index in [2.05, 4.69) is 168 Å². The van der Waals surface area contributed by atoms with Crippen LogP contribution in [0.15, 0.2) is 121 Å². The summed E-state index contributed by atoms with van der Waals surface area (Å²) in [5.74, 6) is 0.564. The molecule has 2 N–H and O–H groups in total. The predicted octanol–water partition coefficient (Wildman–Crippen LogP) is 10.3. The number of likely N-dealkylation sites (N-methyl/N-ethyl adjacent to an activating group) is 1. The number of aromatic hydroxyl groups is 2. The van der Waals surface area contributed by atoms with Crippen molar-refractivity contribution in [1.82, 2.24) is 18.9 Å². The fraction of sp³-hybridized carbons (Fsp3) is 0.217. The van der Waals surface area contributed by atoms with E-state index in [9.17, 15) is 10.2 Å². The molecule has 0 bridgehead atoms. The van der Waals surface area contributed by atoms with Gasteiger partial charge in [0.15, 0.2) is 0 Å². The van der Waals surface area contributed by atoms with E-state index in [1.807, 2.05) is 0 Å². The highest BCUT2D eigenvalue weighted by atomic mass is 16.3. The summed E-state index contributed by atoms with van der Waals surface area (Å²) in [7, 11) is 0. The van der Waals surface area contributed by atoms with Crippen LogP contribution >= 0.6 is 0 Å². The first-order valence-corrected chi connectivity index (χ1v) is 18.4.